The van der Waals surface area contributed by atoms with Gasteiger partial charge in [-0.05, 0) is 23.9 Å². The van der Waals surface area contributed by atoms with Gasteiger partial charge in [0.2, 0.25) is 5.91 Å². The number of carbonyl (C=O) groups is 2. The molecule has 0 aliphatic rings. The number of carbonyl (C=O) groups excluding carboxylic acids is 2. The molecule has 1 aromatic carbocycles. The predicted molar refractivity (Wildman–Crippen MR) is 84.9 cm³/mol. The Labute approximate surface area is 128 Å². The van der Waals surface area contributed by atoms with Gasteiger partial charge in [0.05, 0.1) is 0 Å². The summed E-state index contributed by atoms with van der Waals surface area (Å²) in [4.78, 5) is 26.8. The highest BCUT2D eigenvalue weighted by atomic mass is 32.2. The molecule has 6 heteroatoms. The Morgan fingerprint density at radius 3 is 2.71 bits per heavy atom. The van der Waals surface area contributed by atoms with Crippen molar-refractivity contribution in [3.8, 4) is 0 Å². The van der Waals surface area contributed by atoms with E-state index in [-0.39, 0.29) is 12.5 Å². The molecule has 0 heterocycles. The quantitative estimate of drug-likeness (QED) is 0.335. The van der Waals surface area contributed by atoms with Crippen LogP contribution in [0.25, 0.3) is 0 Å². The number of nitrogens with zero attached hydrogens (tertiary/aromatic N) is 2. The Kier molecular flexibility index (Phi) is 7.89. The fourth-order valence-electron chi connectivity index (χ4n) is 1.41. The maximum atomic E-state index is 11.7. The molecule has 1 aromatic rings. The molecule has 0 N–H and O–H groups in total. The van der Waals surface area contributed by atoms with Crippen LogP contribution in [0.15, 0.2) is 48.0 Å². The number of hydrogen-bond acceptors (Lipinski definition) is 4. The summed E-state index contributed by atoms with van der Waals surface area (Å²) in [6.45, 7) is 3.71. The lowest BCUT2D eigenvalue weighted by Crippen LogP contribution is -2.22. The van der Waals surface area contributed by atoms with E-state index >= 15 is 0 Å². The SMILES string of the molecule is C=CCCC(=O)N(/C=N\C(=O)OCc1ccccc1)SC. The predicted octanol–water partition coefficient (Wildman–Crippen LogP) is 3.42. The van der Waals surface area contributed by atoms with Gasteiger partial charge in [0, 0.05) is 12.7 Å². The zero-order valence-electron chi connectivity index (χ0n) is 11.9. The molecule has 0 fully saturated rings. The van der Waals surface area contributed by atoms with E-state index in [9.17, 15) is 9.59 Å². The standard InChI is InChI=1S/C15H18N2O3S/c1-3-4-10-14(18)17(21-2)12-16-15(19)20-11-13-8-6-5-7-9-13/h3,5-9,12H,1,4,10-11H2,2H3/b16-12-. The maximum Gasteiger partial charge on any atom is 0.435 e. The molecule has 0 atom stereocenters. The van der Waals surface area contributed by atoms with Crippen LogP contribution in [0.3, 0.4) is 0 Å². The van der Waals surface area contributed by atoms with Crippen molar-refractivity contribution < 1.29 is 14.3 Å². The lowest BCUT2D eigenvalue weighted by atomic mass is 10.2. The summed E-state index contributed by atoms with van der Waals surface area (Å²) < 4.78 is 6.28. The number of ether oxygens (including phenoxy) is 1. The minimum absolute atomic E-state index is 0.137. The average Bonchev–Trinajstić information content (AvgIpc) is 2.52. The van der Waals surface area contributed by atoms with Crippen molar-refractivity contribution in [2.24, 2.45) is 4.99 Å². The Morgan fingerprint density at radius 2 is 2.10 bits per heavy atom. The van der Waals surface area contributed by atoms with Crippen molar-refractivity contribution in [3.05, 3.63) is 48.6 Å². The van der Waals surface area contributed by atoms with E-state index in [1.165, 1.54) is 22.6 Å². The maximum absolute atomic E-state index is 11.7. The largest absolute Gasteiger partial charge is 0.443 e. The smallest absolute Gasteiger partial charge is 0.435 e. The molecule has 112 valence electrons. The number of benzene rings is 1. The number of rotatable bonds is 7. The fraction of sp³-hybridized carbons (Fsp3) is 0.267. The molecule has 0 aliphatic heterocycles. The highest BCUT2D eigenvalue weighted by Crippen LogP contribution is 2.07. The molecule has 0 spiro atoms. The van der Waals surface area contributed by atoms with Gasteiger partial charge in [-0.2, -0.15) is 4.99 Å². The van der Waals surface area contributed by atoms with E-state index in [4.69, 9.17) is 4.74 Å². The molecule has 0 radical (unpaired) electrons. The Hall–Kier alpha value is -2.08. The second kappa shape index (κ2) is 9.77. The monoisotopic (exact) mass is 306 g/mol. The van der Waals surface area contributed by atoms with Crippen LogP contribution in [0.5, 0.6) is 0 Å². The fourth-order valence-corrected chi connectivity index (χ4v) is 1.84. The Morgan fingerprint density at radius 1 is 1.38 bits per heavy atom. The summed E-state index contributed by atoms with van der Waals surface area (Å²) in [5.74, 6) is -0.137. The third kappa shape index (κ3) is 6.76. The summed E-state index contributed by atoms with van der Waals surface area (Å²) in [7, 11) is 0. The van der Waals surface area contributed by atoms with Gasteiger partial charge >= 0.3 is 6.09 Å². The van der Waals surface area contributed by atoms with Crippen molar-refractivity contribution in [2.45, 2.75) is 19.4 Å². The number of allylic oxidation sites excluding steroid dienone is 1. The van der Waals surface area contributed by atoms with Crippen molar-refractivity contribution in [3.63, 3.8) is 0 Å². The summed E-state index contributed by atoms with van der Waals surface area (Å²) in [5, 5.41) is 0. The van der Waals surface area contributed by atoms with Crippen molar-refractivity contribution in [1.82, 2.24) is 4.31 Å². The van der Waals surface area contributed by atoms with Gasteiger partial charge in [-0.1, -0.05) is 36.4 Å². The van der Waals surface area contributed by atoms with Gasteiger partial charge in [0.25, 0.3) is 0 Å². The first-order valence-corrected chi connectivity index (χ1v) is 7.57. The summed E-state index contributed by atoms with van der Waals surface area (Å²) in [5.41, 5.74) is 0.879. The van der Waals surface area contributed by atoms with Gasteiger partial charge in [0.1, 0.15) is 12.9 Å². The molecule has 0 aromatic heterocycles. The first kappa shape index (κ1) is 17.0. The molecule has 2 amide bonds. The van der Waals surface area contributed by atoms with Gasteiger partial charge in [0.15, 0.2) is 0 Å². The minimum atomic E-state index is -0.727. The molecular weight excluding hydrogens is 288 g/mol. The zero-order chi connectivity index (χ0) is 15.5. The molecule has 1 rings (SSSR count). The van der Waals surface area contributed by atoms with E-state index in [0.29, 0.717) is 12.8 Å². The minimum Gasteiger partial charge on any atom is -0.443 e. The lowest BCUT2D eigenvalue weighted by molar-refractivity contribution is -0.123. The van der Waals surface area contributed by atoms with E-state index in [2.05, 4.69) is 11.6 Å². The van der Waals surface area contributed by atoms with E-state index in [1.807, 2.05) is 30.3 Å². The van der Waals surface area contributed by atoms with Crippen LogP contribution in [0, 0.1) is 0 Å². The summed E-state index contributed by atoms with van der Waals surface area (Å²) in [6.07, 6.45) is 4.77. The molecule has 5 nitrogen and oxygen atoms in total. The third-order valence-corrected chi connectivity index (χ3v) is 3.17. The first-order valence-electron chi connectivity index (χ1n) is 6.39. The molecule has 0 unspecified atom stereocenters. The van der Waals surface area contributed by atoms with Crippen LogP contribution in [-0.4, -0.2) is 28.9 Å². The Balaban J connectivity index is 2.44. The number of hydrogen-bond donors (Lipinski definition) is 0. The van der Waals surface area contributed by atoms with Crippen LogP contribution in [0.1, 0.15) is 18.4 Å². The van der Waals surface area contributed by atoms with E-state index < -0.39 is 6.09 Å². The van der Waals surface area contributed by atoms with Crippen LogP contribution in [0.2, 0.25) is 0 Å². The number of aliphatic imine (C=N–C) groups is 1. The van der Waals surface area contributed by atoms with Crippen LogP contribution in [-0.2, 0) is 16.1 Å². The van der Waals surface area contributed by atoms with E-state index in [1.54, 1.807) is 12.3 Å². The number of amides is 2. The Bertz CT molecular complexity index is 503. The highest BCUT2D eigenvalue weighted by Gasteiger charge is 2.10. The molecule has 0 saturated heterocycles. The van der Waals surface area contributed by atoms with Gasteiger partial charge in [-0.15, -0.1) is 6.58 Å². The molecule has 0 aliphatic carbocycles. The highest BCUT2D eigenvalue weighted by molar-refractivity contribution is 7.97. The van der Waals surface area contributed by atoms with Crippen molar-refractivity contribution >= 4 is 30.3 Å². The van der Waals surface area contributed by atoms with Gasteiger partial charge in [-0.25, -0.2) is 9.10 Å². The van der Waals surface area contributed by atoms with Crippen molar-refractivity contribution in [1.29, 1.82) is 0 Å². The molecular formula is C15H18N2O3S. The molecule has 0 bridgehead atoms. The molecule has 0 saturated carbocycles. The van der Waals surface area contributed by atoms with Crippen LogP contribution >= 0.6 is 11.9 Å². The second-order valence-corrected chi connectivity index (χ2v) is 4.77. The lowest BCUT2D eigenvalue weighted by Gasteiger charge is -2.12. The molecule has 21 heavy (non-hydrogen) atoms. The average molecular weight is 306 g/mol. The van der Waals surface area contributed by atoms with E-state index in [0.717, 1.165) is 5.56 Å². The van der Waals surface area contributed by atoms with Crippen LogP contribution < -0.4 is 0 Å². The zero-order valence-corrected chi connectivity index (χ0v) is 12.7. The first-order chi connectivity index (χ1) is 10.2. The van der Waals surface area contributed by atoms with Crippen molar-refractivity contribution in [2.75, 3.05) is 6.26 Å². The summed E-state index contributed by atoms with van der Waals surface area (Å²) >= 11 is 1.18. The van der Waals surface area contributed by atoms with Gasteiger partial charge in [-0.3, -0.25) is 4.79 Å². The topological polar surface area (TPSA) is 59.0 Å². The summed E-state index contributed by atoms with van der Waals surface area (Å²) in [6, 6.07) is 9.31. The van der Waals surface area contributed by atoms with Gasteiger partial charge < -0.3 is 4.74 Å². The van der Waals surface area contributed by atoms with Crippen LogP contribution in [0.4, 0.5) is 4.79 Å². The third-order valence-electron chi connectivity index (χ3n) is 2.48. The second-order valence-electron chi connectivity index (χ2n) is 4.01. The normalized spacial score (nSPS) is 10.3.